The van der Waals surface area contributed by atoms with Crippen LogP contribution in [0.1, 0.15) is 37.5 Å². The van der Waals surface area contributed by atoms with Crippen molar-refractivity contribution in [1.29, 1.82) is 0 Å². The summed E-state index contributed by atoms with van der Waals surface area (Å²) in [5.41, 5.74) is 2.87. The number of amides is 2. The van der Waals surface area contributed by atoms with Gasteiger partial charge in [0.2, 0.25) is 11.8 Å². The highest BCUT2D eigenvalue weighted by molar-refractivity contribution is 7.90. The Morgan fingerprint density at radius 2 is 1.59 bits per heavy atom. The number of anilines is 1. The van der Waals surface area contributed by atoms with Crippen LogP contribution in [0.4, 0.5) is 5.69 Å². The zero-order valence-electron chi connectivity index (χ0n) is 21.1. The van der Waals surface area contributed by atoms with Gasteiger partial charge in [0.15, 0.2) is 0 Å². The van der Waals surface area contributed by atoms with E-state index in [2.05, 4.69) is 5.32 Å². The van der Waals surface area contributed by atoms with E-state index in [1.807, 2.05) is 63.2 Å². The molecule has 0 aliphatic carbocycles. The van der Waals surface area contributed by atoms with Gasteiger partial charge in [0.25, 0.3) is 0 Å². The second-order valence-corrected chi connectivity index (χ2v) is 11.0. The third-order valence-electron chi connectivity index (χ3n) is 5.45. The van der Waals surface area contributed by atoms with Crippen LogP contribution in [0.3, 0.4) is 0 Å². The maximum atomic E-state index is 13.6. The average molecular weight is 489 g/mol. The third kappa shape index (κ3) is 6.80. The summed E-state index contributed by atoms with van der Waals surface area (Å²) in [5.74, 6) is -0.769. The molecule has 0 spiro atoms. The van der Waals surface area contributed by atoms with E-state index in [0.717, 1.165) is 25.3 Å². The molecule has 2 aromatic rings. The van der Waals surface area contributed by atoms with Gasteiger partial charge < -0.3 is 10.2 Å². The molecule has 0 radical (unpaired) electrons. The fourth-order valence-electron chi connectivity index (χ4n) is 3.46. The number of nitrogens with one attached hydrogen (secondary N) is 1. The van der Waals surface area contributed by atoms with Crippen LogP contribution < -0.4 is 9.62 Å². The molecule has 2 amide bonds. The molecular weight excluding hydrogens is 452 g/mol. The Morgan fingerprint density at radius 1 is 0.971 bits per heavy atom. The first-order chi connectivity index (χ1) is 15.8. The largest absolute Gasteiger partial charge is 0.352 e. The van der Waals surface area contributed by atoms with Gasteiger partial charge in [-0.15, -0.1) is 0 Å². The zero-order chi connectivity index (χ0) is 25.6. The smallest absolute Gasteiger partial charge is 0.304 e. The molecule has 0 fully saturated rings. The number of hydrogen-bond donors (Lipinski definition) is 1. The van der Waals surface area contributed by atoms with Crippen LogP contribution >= 0.6 is 0 Å². The van der Waals surface area contributed by atoms with Crippen molar-refractivity contribution in [2.75, 3.05) is 24.9 Å². The van der Waals surface area contributed by atoms with E-state index in [0.29, 0.717) is 5.69 Å². The topological polar surface area (TPSA) is 90.0 Å². The van der Waals surface area contributed by atoms with Crippen molar-refractivity contribution in [3.05, 3.63) is 65.2 Å². The lowest BCUT2D eigenvalue weighted by molar-refractivity contribution is -0.139. The first-order valence-electron chi connectivity index (χ1n) is 11.3. The number of nitrogens with zero attached hydrogens (tertiary/aromatic N) is 3. The first-order valence-corrected chi connectivity index (χ1v) is 12.7. The fourth-order valence-corrected chi connectivity index (χ4v) is 4.57. The molecule has 8 nitrogen and oxygen atoms in total. The van der Waals surface area contributed by atoms with E-state index in [1.165, 1.54) is 19.0 Å². The van der Waals surface area contributed by atoms with Gasteiger partial charge in [0.05, 0.1) is 5.69 Å². The van der Waals surface area contributed by atoms with E-state index in [-0.39, 0.29) is 18.5 Å². The molecule has 2 aromatic carbocycles. The monoisotopic (exact) mass is 488 g/mol. The normalized spacial score (nSPS) is 12.5. The van der Waals surface area contributed by atoms with Crippen LogP contribution in [0.5, 0.6) is 0 Å². The number of aryl methyl sites for hydroxylation is 2. The highest BCUT2D eigenvalue weighted by Gasteiger charge is 2.33. The predicted molar refractivity (Wildman–Crippen MR) is 136 cm³/mol. The van der Waals surface area contributed by atoms with Crippen molar-refractivity contribution in [2.24, 2.45) is 0 Å². The number of rotatable bonds is 10. The lowest BCUT2D eigenvalue weighted by atomic mass is 10.1. The summed E-state index contributed by atoms with van der Waals surface area (Å²) in [5, 5.41) is 2.84. The number of hydrogen-bond acceptors (Lipinski definition) is 4. The Morgan fingerprint density at radius 3 is 2.15 bits per heavy atom. The second kappa shape index (κ2) is 11.5. The summed E-state index contributed by atoms with van der Waals surface area (Å²) in [6.45, 7) is 8.76. The quantitative estimate of drug-likeness (QED) is 0.557. The van der Waals surface area contributed by atoms with E-state index < -0.39 is 28.7 Å². The maximum absolute atomic E-state index is 13.6. The van der Waals surface area contributed by atoms with Crippen LogP contribution in [0, 0.1) is 13.8 Å². The molecule has 0 heterocycles. The van der Waals surface area contributed by atoms with Gasteiger partial charge in [-0.2, -0.15) is 12.7 Å². The van der Waals surface area contributed by atoms with Crippen LogP contribution in [-0.4, -0.2) is 62.2 Å². The molecule has 186 valence electrons. The summed E-state index contributed by atoms with van der Waals surface area (Å²) in [4.78, 5) is 27.9. The van der Waals surface area contributed by atoms with Crippen molar-refractivity contribution in [2.45, 2.75) is 53.2 Å². The standard InChI is InChI=1S/C25H36N4O4S/c1-18(2)26-25(31)21(5)28(16-22-11-9-8-10-12-22)24(30)17-29(34(32,33)27(6)7)23-15-19(3)13-14-20(23)4/h8-15,18,21H,16-17H2,1-7H3,(H,26,31). The summed E-state index contributed by atoms with van der Waals surface area (Å²) in [6, 6.07) is 13.9. The van der Waals surface area contributed by atoms with Gasteiger partial charge >= 0.3 is 10.2 Å². The van der Waals surface area contributed by atoms with Gasteiger partial charge in [0, 0.05) is 26.7 Å². The van der Waals surface area contributed by atoms with Crippen LogP contribution in [-0.2, 0) is 26.3 Å². The van der Waals surface area contributed by atoms with Gasteiger partial charge in [-0.3, -0.25) is 9.59 Å². The first kappa shape index (κ1) is 27.3. The molecule has 0 aliphatic heterocycles. The summed E-state index contributed by atoms with van der Waals surface area (Å²) < 4.78 is 28.7. The Balaban J connectivity index is 2.49. The molecule has 0 bridgehead atoms. The third-order valence-corrected chi connectivity index (χ3v) is 7.25. The minimum absolute atomic E-state index is 0.0933. The van der Waals surface area contributed by atoms with Crippen LogP contribution in [0.2, 0.25) is 0 Å². The minimum Gasteiger partial charge on any atom is -0.352 e. The molecule has 1 atom stereocenters. The second-order valence-electron chi connectivity index (χ2n) is 8.93. The Bertz CT molecular complexity index is 1100. The molecule has 0 saturated carbocycles. The van der Waals surface area contributed by atoms with Gasteiger partial charge in [-0.25, -0.2) is 4.31 Å². The van der Waals surface area contributed by atoms with Crippen molar-refractivity contribution in [3.63, 3.8) is 0 Å². The highest BCUT2D eigenvalue weighted by atomic mass is 32.2. The van der Waals surface area contributed by atoms with Crippen molar-refractivity contribution < 1.29 is 18.0 Å². The molecule has 0 aromatic heterocycles. The lowest BCUT2D eigenvalue weighted by Crippen LogP contribution is -2.53. The van der Waals surface area contributed by atoms with Gasteiger partial charge in [-0.05, 0) is 57.4 Å². The average Bonchev–Trinajstić information content (AvgIpc) is 2.77. The van der Waals surface area contributed by atoms with Crippen molar-refractivity contribution >= 4 is 27.7 Å². The van der Waals surface area contributed by atoms with Crippen molar-refractivity contribution in [3.8, 4) is 0 Å². The molecule has 1 N–H and O–H groups in total. The number of carbonyl (C=O) groups excluding carboxylic acids is 2. The molecule has 1 unspecified atom stereocenters. The zero-order valence-corrected chi connectivity index (χ0v) is 21.9. The Labute approximate surface area is 203 Å². The molecule has 34 heavy (non-hydrogen) atoms. The van der Waals surface area contributed by atoms with E-state index >= 15 is 0 Å². The summed E-state index contributed by atoms with van der Waals surface area (Å²) >= 11 is 0. The summed E-state index contributed by atoms with van der Waals surface area (Å²) in [6.07, 6.45) is 0. The predicted octanol–water partition coefficient (Wildman–Crippen LogP) is 2.86. The SMILES string of the molecule is Cc1ccc(C)c(N(CC(=O)N(Cc2ccccc2)C(C)C(=O)NC(C)C)S(=O)(=O)N(C)C)c1. The van der Waals surface area contributed by atoms with Crippen LogP contribution in [0.25, 0.3) is 0 Å². The van der Waals surface area contributed by atoms with Gasteiger partial charge in [-0.1, -0.05) is 42.5 Å². The van der Waals surface area contributed by atoms with E-state index in [9.17, 15) is 18.0 Å². The number of carbonyl (C=O) groups is 2. The Kier molecular flexibility index (Phi) is 9.23. The van der Waals surface area contributed by atoms with Crippen molar-refractivity contribution in [1.82, 2.24) is 14.5 Å². The van der Waals surface area contributed by atoms with E-state index in [4.69, 9.17) is 0 Å². The van der Waals surface area contributed by atoms with E-state index in [1.54, 1.807) is 19.9 Å². The minimum atomic E-state index is -3.98. The van der Waals surface area contributed by atoms with Gasteiger partial charge in [0.1, 0.15) is 12.6 Å². The molecule has 0 aliphatic rings. The molecular formula is C25H36N4O4S. The highest BCUT2D eigenvalue weighted by Crippen LogP contribution is 2.26. The molecule has 2 rings (SSSR count). The van der Waals surface area contributed by atoms with Crippen LogP contribution in [0.15, 0.2) is 48.5 Å². The fraction of sp³-hybridized carbons (Fsp3) is 0.440. The maximum Gasteiger partial charge on any atom is 0.304 e. The lowest BCUT2D eigenvalue weighted by Gasteiger charge is -2.33. The molecule has 9 heteroatoms. The Hall–Kier alpha value is -2.91. The molecule has 0 saturated heterocycles. The summed E-state index contributed by atoms with van der Waals surface area (Å²) in [7, 11) is -1.12. The number of benzene rings is 2.